The number of ether oxygens (including phenoxy) is 1. The zero-order valence-corrected chi connectivity index (χ0v) is 12.8. The van der Waals surface area contributed by atoms with Crippen molar-refractivity contribution in [3.8, 4) is 0 Å². The third kappa shape index (κ3) is 2.81. The van der Waals surface area contributed by atoms with Crippen molar-refractivity contribution >= 4 is 11.6 Å². The van der Waals surface area contributed by atoms with Gasteiger partial charge in [-0.1, -0.05) is 24.4 Å². The van der Waals surface area contributed by atoms with Crippen LogP contribution in [0.15, 0.2) is 0 Å². The van der Waals surface area contributed by atoms with Gasteiger partial charge in [-0.15, -0.1) is 0 Å². The Kier molecular flexibility index (Phi) is 4.54. The fourth-order valence-electron chi connectivity index (χ4n) is 3.19. The van der Waals surface area contributed by atoms with E-state index in [9.17, 15) is 0 Å². The van der Waals surface area contributed by atoms with Gasteiger partial charge in [0.2, 0.25) is 0 Å². The van der Waals surface area contributed by atoms with Crippen molar-refractivity contribution in [2.45, 2.75) is 57.6 Å². The summed E-state index contributed by atoms with van der Waals surface area (Å²) in [6, 6.07) is -0.0182. The maximum Gasteiger partial charge on any atom is 0.130 e. The van der Waals surface area contributed by atoms with Gasteiger partial charge in [0.25, 0.3) is 0 Å². The molecule has 1 aliphatic rings. The molecular weight excluding hydrogens is 262 g/mol. The van der Waals surface area contributed by atoms with Gasteiger partial charge in [0, 0.05) is 25.3 Å². The molecule has 0 aliphatic heterocycles. The highest BCUT2D eigenvalue weighted by molar-refractivity contribution is 6.30. The Bertz CT molecular complexity index is 438. The van der Waals surface area contributed by atoms with Crippen LogP contribution in [0.5, 0.6) is 0 Å². The van der Waals surface area contributed by atoms with E-state index in [1.54, 1.807) is 4.68 Å². The van der Waals surface area contributed by atoms with Gasteiger partial charge in [-0.25, -0.2) is 0 Å². The van der Waals surface area contributed by atoms with Gasteiger partial charge >= 0.3 is 0 Å². The average molecular weight is 286 g/mol. The molecule has 1 saturated carbocycles. The smallest absolute Gasteiger partial charge is 0.130 e. The topological polar surface area (TPSA) is 53.1 Å². The molecule has 0 radical (unpaired) electrons. The largest absolute Gasteiger partial charge is 0.374 e. The fraction of sp³-hybridized carbons (Fsp3) is 0.786. The van der Waals surface area contributed by atoms with Crippen LogP contribution in [0.1, 0.15) is 43.9 Å². The Morgan fingerprint density at radius 1 is 1.47 bits per heavy atom. The molecule has 108 valence electrons. The van der Waals surface area contributed by atoms with E-state index in [1.807, 2.05) is 20.9 Å². The van der Waals surface area contributed by atoms with Crippen molar-refractivity contribution in [1.82, 2.24) is 9.78 Å². The second-order valence-electron chi connectivity index (χ2n) is 5.49. The average Bonchev–Trinajstić information content (AvgIpc) is 2.92. The van der Waals surface area contributed by atoms with E-state index < -0.39 is 0 Å². The van der Waals surface area contributed by atoms with Crippen molar-refractivity contribution in [2.75, 3.05) is 6.61 Å². The van der Waals surface area contributed by atoms with E-state index in [-0.39, 0.29) is 11.6 Å². The number of nitrogens with two attached hydrogens (primary N) is 1. The molecule has 1 aromatic heterocycles. The van der Waals surface area contributed by atoms with E-state index >= 15 is 0 Å². The molecule has 1 fully saturated rings. The number of halogens is 1. The monoisotopic (exact) mass is 285 g/mol. The summed E-state index contributed by atoms with van der Waals surface area (Å²) in [5.74, 6) is 0. The lowest BCUT2D eigenvalue weighted by Crippen LogP contribution is -2.49. The van der Waals surface area contributed by atoms with Crippen LogP contribution in [0.4, 0.5) is 0 Å². The summed E-state index contributed by atoms with van der Waals surface area (Å²) >= 11 is 6.29. The van der Waals surface area contributed by atoms with E-state index in [2.05, 4.69) is 5.10 Å². The third-order valence-corrected chi connectivity index (χ3v) is 4.72. The molecule has 4 nitrogen and oxygen atoms in total. The lowest BCUT2D eigenvalue weighted by molar-refractivity contribution is -0.0525. The Morgan fingerprint density at radius 3 is 2.58 bits per heavy atom. The molecule has 0 amide bonds. The first kappa shape index (κ1) is 14.8. The first-order valence-electron chi connectivity index (χ1n) is 7.07. The lowest BCUT2D eigenvalue weighted by Gasteiger charge is -2.35. The molecule has 0 spiro atoms. The zero-order chi connectivity index (χ0) is 14.0. The van der Waals surface area contributed by atoms with Gasteiger partial charge in [-0.3, -0.25) is 4.68 Å². The maximum atomic E-state index is 6.46. The van der Waals surface area contributed by atoms with Crippen molar-refractivity contribution in [1.29, 1.82) is 0 Å². The first-order valence-corrected chi connectivity index (χ1v) is 7.45. The van der Waals surface area contributed by atoms with Crippen LogP contribution in [0, 0.1) is 6.92 Å². The summed E-state index contributed by atoms with van der Waals surface area (Å²) in [4.78, 5) is 0. The van der Waals surface area contributed by atoms with Crippen LogP contribution >= 0.6 is 11.6 Å². The summed E-state index contributed by atoms with van der Waals surface area (Å²) in [5.41, 5.74) is 8.32. The minimum atomic E-state index is -0.166. The van der Waals surface area contributed by atoms with Crippen LogP contribution in [-0.2, 0) is 18.2 Å². The van der Waals surface area contributed by atoms with Crippen molar-refractivity contribution in [3.63, 3.8) is 0 Å². The van der Waals surface area contributed by atoms with E-state index in [4.69, 9.17) is 22.1 Å². The molecule has 0 saturated heterocycles. The summed E-state index contributed by atoms with van der Waals surface area (Å²) in [6.07, 6.45) is 5.25. The molecule has 1 aliphatic carbocycles. The lowest BCUT2D eigenvalue weighted by atomic mass is 9.88. The van der Waals surface area contributed by atoms with Gasteiger partial charge in [0.15, 0.2) is 0 Å². The molecule has 19 heavy (non-hydrogen) atoms. The van der Waals surface area contributed by atoms with Crippen LogP contribution in [0.25, 0.3) is 0 Å². The maximum absolute atomic E-state index is 6.46. The van der Waals surface area contributed by atoms with Crippen LogP contribution in [-0.4, -0.2) is 28.0 Å². The predicted molar refractivity (Wildman–Crippen MR) is 77.5 cm³/mol. The molecule has 1 atom stereocenters. The molecule has 0 bridgehead atoms. The summed E-state index contributed by atoms with van der Waals surface area (Å²) in [5, 5.41) is 5.04. The number of hydrogen-bond acceptors (Lipinski definition) is 3. The molecule has 1 unspecified atom stereocenters. The third-order valence-electron chi connectivity index (χ3n) is 4.25. The molecule has 1 aromatic rings. The van der Waals surface area contributed by atoms with E-state index in [0.717, 1.165) is 30.5 Å². The summed E-state index contributed by atoms with van der Waals surface area (Å²) in [6.45, 7) is 4.73. The van der Waals surface area contributed by atoms with Crippen LogP contribution < -0.4 is 5.73 Å². The quantitative estimate of drug-likeness (QED) is 0.905. The van der Waals surface area contributed by atoms with Crippen LogP contribution in [0.2, 0.25) is 5.15 Å². The Balaban J connectivity index is 2.17. The molecule has 0 aromatic carbocycles. The van der Waals surface area contributed by atoms with Gasteiger partial charge in [0.05, 0.1) is 11.3 Å². The Morgan fingerprint density at radius 2 is 2.11 bits per heavy atom. The Hall–Kier alpha value is -0.580. The minimum Gasteiger partial charge on any atom is -0.374 e. The second-order valence-corrected chi connectivity index (χ2v) is 5.85. The molecule has 2 rings (SSSR count). The highest BCUT2D eigenvalue weighted by Crippen LogP contribution is 2.37. The number of aryl methyl sites for hydroxylation is 2. The van der Waals surface area contributed by atoms with Crippen molar-refractivity contribution < 1.29 is 4.74 Å². The highest BCUT2D eigenvalue weighted by Gasteiger charge is 2.40. The van der Waals surface area contributed by atoms with Crippen LogP contribution in [0.3, 0.4) is 0 Å². The number of nitrogens with zero attached hydrogens (tertiary/aromatic N) is 2. The van der Waals surface area contributed by atoms with Gasteiger partial charge < -0.3 is 10.5 Å². The van der Waals surface area contributed by atoms with Crippen molar-refractivity contribution in [2.24, 2.45) is 12.8 Å². The minimum absolute atomic E-state index is 0.0182. The molecular formula is C14H24ClN3O. The zero-order valence-electron chi connectivity index (χ0n) is 12.1. The highest BCUT2D eigenvalue weighted by atomic mass is 35.5. The standard InChI is InChI=1S/C14H24ClN3O/c1-4-19-14(7-5-6-8-14)12(16)9-11-10(2)17-18(3)13(11)15/h12H,4-9,16H2,1-3H3. The SMILES string of the molecule is CCOC1(C(N)Cc2c(C)nn(C)c2Cl)CCCC1. The molecule has 1 heterocycles. The first-order chi connectivity index (χ1) is 9.00. The number of aromatic nitrogens is 2. The fourth-order valence-corrected chi connectivity index (χ4v) is 3.45. The predicted octanol–water partition coefficient (Wildman–Crippen LogP) is 2.60. The van der Waals surface area contributed by atoms with Gasteiger partial charge in [-0.05, 0) is 33.1 Å². The van der Waals surface area contributed by atoms with Gasteiger partial charge in [0.1, 0.15) is 5.15 Å². The normalized spacial score (nSPS) is 19.8. The summed E-state index contributed by atoms with van der Waals surface area (Å²) in [7, 11) is 1.86. The number of rotatable bonds is 5. The van der Waals surface area contributed by atoms with E-state index in [1.165, 1.54) is 12.8 Å². The van der Waals surface area contributed by atoms with Gasteiger partial charge in [-0.2, -0.15) is 5.10 Å². The second kappa shape index (κ2) is 5.81. The number of hydrogen-bond donors (Lipinski definition) is 1. The van der Waals surface area contributed by atoms with E-state index in [0.29, 0.717) is 11.8 Å². The van der Waals surface area contributed by atoms with Crippen molar-refractivity contribution in [3.05, 3.63) is 16.4 Å². The Labute approximate surface area is 120 Å². The summed E-state index contributed by atoms with van der Waals surface area (Å²) < 4.78 is 7.72. The molecule has 2 N–H and O–H groups in total. The molecule has 5 heteroatoms.